The van der Waals surface area contributed by atoms with Crippen LogP contribution in [0.15, 0.2) is 36.4 Å². The zero-order valence-electron chi connectivity index (χ0n) is 16.0. The van der Waals surface area contributed by atoms with Crippen LogP contribution in [-0.2, 0) is 4.79 Å². The summed E-state index contributed by atoms with van der Waals surface area (Å²) in [6.45, 7) is 3.87. The van der Waals surface area contributed by atoms with Crippen LogP contribution in [0.25, 0.3) is 10.2 Å². The molecule has 152 valence electrons. The largest absolute Gasteiger partial charge is 0.494 e. The normalized spacial score (nSPS) is 16.8. The van der Waals surface area contributed by atoms with Crippen LogP contribution >= 0.6 is 11.3 Å². The molecule has 0 saturated carbocycles. The van der Waals surface area contributed by atoms with Gasteiger partial charge in [0.05, 0.1) is 28.4 Å². The molecule has 0 aliphatic carbocycles. The Bertz CT molecular complexity index is 1040. The number of amides is 1. The van der Waals surface area contributed by atoms with Gasteiger partial charge in [-0.1, -0.05) is 11.3 Å². The number of ether oxygens (including phenoxy) is 1. The van der Waals surface area contributed by atoms with E-state index in [1.807, 2.05) is 25.1 Å². The van der Waals surface area contributed by atoms with Crippen LogP contribution in [0, 0.1) is 17.6 Å². The Hall–Kier alpha value is -2.74. The standard InChI is InChI=1S/C21H21F2N3O2S/c1-2-28-15-6-8-18-19(11-15)29-21(25-18)26-9-3-4-13(12-26)20(27)24-17-7-5-14(22)10-16(17)23/h5-8,10-11,13H,2-4,9,12H2,1H3,(H,24,27)/t13-/m0/s1. The number of nitrogens with zero attached hydrogens (tertiary/aromatic N) is 2. The molecule has 1 saturated heterocycles. The second-order valence-corrected chi connectivity index (χ2v) is 7.97. The molecule has 0 unspecified atom stereocenters. The van der Waals surface area contributed by atoms with E-state index in [0.29, 0.717) is 19.6 Å². The van der Waals surface area contributed by atoms with Gasteiger partial charge in [0, 0.05) is 19.2 Å². The highest BCUT2D eigenvalue weighted by Gasteiger charge is 2.28. The van der Waals surface area contributed by atoms with Gasteiger partial charge in [0.15, 0.2) is 5.13 Å². The van der Waals surface area contributed by atoms with E-state index in [1.165, 1.54) is 6.07 Å². The highest BCUT2D eigenvalue weighted by atomic mass is 32.1. The van der Waals surface area contributed by atoms with Crippen LogP contribution in [0.4, 0.5) is 19.6 Å². The molecule has 2 heterocycles. The second kappa shape index (κ2) is 8.32. The van der Waals surface area contributed by atoms with E-state index in [2.05, 4.69) is 10.2 Å². The van der Waals surface area contributed by atoms with Crippen molar-refractivity contribution in [2.45, 2.75) is 19.8 Å². The molecule has 1 amide bonds. The summed E-state index contributed by atoms with van der Waals surface area (Å²) in [7, 11) is 0. The zero-order chi connectivity index (χ0) is 20.4. The molecule has 4 rings (SSSR count). The SMILES string of the molecule is CCOc1ccc2nc(N3CCC[C@H](C(=O)Nc4ccc(F)cc4F)C3)sc2c1. The second-order valence-electron chi connectivity index (χ2n) is 6.96. The fourth-order valence-electron chi connectivity index (χ4n) is 3.48. The molecule has 8 heteroatoms. The van der Waals surface area contributed by atoms with Gasteiger partial charge in [-0.2, -0.15) is 0 Å². The van der Waals surface area contributed by atoms with Crippen molar-refractivity contribution in [2.24, 2.45) is 5.92 Å². The van der Waals surface area contributed by atoms with Gasteiger partial charge < -0.3 is 15.0 Å². The number of rotatable bonds is 5. The van der Waals surface area contributed by atoms with E-state index in [4.69, 9.17) is 9.72 Å². The lowest BCUT2D eigenvalue weighted by Gasteiger charge is -2.31. The van der Waals surface area contributed by atoms with Crippen molar-refractivity contribution in [1.82, 2.24) is 4.98 Å². The molecule has 2 aromatic carbocycles. The van der Waals surface area contributed by atoms with Crippen LogP contribution in [0.1, 0.15) is 19.8 Å². The molecule has 5 nitrogen and oxygen atoms in total. The first-order chi connectivity index (χ1) is 14.0. The maximum absolute atomic E-state index is 13.8. The monoisotopic (exact) mass is 417 g/mol. The Balaban J connectivity index is 1.47. The summed E-state index contributed by atoms with van der Waals surface area (Å²) in [5, 5.41) is 3.45. The van der Waals surface area contributed by atoms with E-state index < -0.39 is 11.6 Å². The average Bonchev–Trinajstić information content (AvgIpc) is 3.14. The van der Waals surface area contributed by atoms with E-state index in [-0.39, 0.29) is 17.5 Å². The number of benzene rings is 2. The maximum atomic E-state index is 13.8. The third kappa shape index (κ3) is 4.32. The summed E-state index contributed by atoms with van der Waals surface area (Å²) in [6, 6.07) is 8.95. The van der Waals surface area contributed by atoms with Gasteiger partial charge in [-0.3, -0.25) is 4.79 Å². The Morgan fingerprint density at radius 2 is 2.17 bits per heavy atom. The number of halogens is 2. The average molecular weight is 417 g/mol. The molecule has 0 bridgehead atoms. The number of carbonyl (C=O) groups is 1. The molecule has 29 heavy (non-hydrogen) atoms. The quantitative estimate of drug-likeness (QED) is 0.646. The van der Waals surface area contributed by atoms with Gasteiger partial charge >= 0.3 is 0 Å². The summed E-state index contributed by atoms with van der Waals surface area (Å²) in [6.07, 6.45) is 1.55. The molecule has 0 radical (unpaired) electrons. The number of anilines is 2. The van der Waals surface area contributed by atoms with Crippen LogP contribution < -0.4 is 15.0 Å². The molecule has 0 spiro atoms. The fraction of sp³-hybridized carbons (Fsp3) is 0.333. The highest BCUT2D eigenvalue weighted by molar-refractivity contribution is 7.22. The summed E-state index contributed by atoms with van der Waals surface area (Å²) in [5.41, 5.74) is 0.894. The minimum atomic E-state index is -0.776. The Morgan fingerprint density at radius 3 is 2.97 bits per heavy atom. The summed E-state index contributed by atoms with van der Waals surface area (Å²) >= 11 is 1.57. The smallest absolute Gasteiger partial charge is 0.229 e. The number of nitrogens with one attached hydrogen (secondary N) is 1. The third-order valence-corrected chi connectivity index (χ3v) is 5.99. The van der Waals surface area contributed by atoms with Crippen molar-refractivity contribution in [2.75, 3.05) is 29.9 Å². The number of hydrogen-bond donors (Lipinski definition) is 1. The van der Waals surface area contributed by atoms with E-state index in [0.717, 1.165) is 46.2 Å². The predicted octanol–water partition coefficient (Wildman–Crippen LogP) is 4.83. The van der Waals surface area contributed by atoms with Crippen molar-refractivity contribution in [1.29, 1.82) is 0 Å². The molecule has 3 aromatic rings. The molecule has 1 atom stereocenters. The first-order valence-electron chi connectivity index (χ1n) is 9.57. The lowest BCUT2D eigenvalue weighted by Crippen LogP contribution is -2.40. The molecule has 1 N–H and O–H groups in total. The zero-order valence-corrected chi connectivity index (χ0v) is 16.8. The fourth-order valence-corrected chi connectivity index (χ4v) is 4.50. The number of piperidine rings is 1. The van der Waals surface area contributed by atoms with E-state index in [1.54, 1.807) is 11.3 Å². The lowest BCUT2D eigenvalue weighted by atomic mass is 9.97. The van der Waals surface area contributed by atoms with Gasteiger partial charge in [0.25, 0.3) is 0 Å². The molecular formula is C21H21F2N3O2S. The van der Waals surface area contributed by atoms with Crippen molar-refractivity contribution in [3.63, 3.8) is 0 Å². The first kappa shape index (κ1) is 19.6. The number of hydrogen-bond acceptors (Lipinski definition) is 5. The topological polar surface area (TPSA) is 54.5 Å². The predicted molar refractivity (Wildman–Crippen MR) is 111 cm³/mol. The number of aromatic nitrogens is 1. The first-order valence-corrected chi connectivity index (χ1v) is 10.4. The molecular weight excluding hydrogens is 396 g/mol. The van der Waals surface area contributed by atoms with Gasteiger partial charge in [0.1, 0.15) is 17.4 Å². The van der Waals surface area contributed by atoms with Gasteiger partial charge in [-0.25, -0.2) is 13.8 Å². The highest BCUT2D eigenvalue weighted by Crippen LogP contribution is 2.33. The summed E-state index contributed by atoms with van der Waals surface area (Å²) in [4.78, 5) is 19.4. The lowest BCUT2D eigenvalue weighted by molar-refractivity contribution is -0.120. The summed E-state index contributed by atoms with van der Waals surface area (Å²) < 4.78 is 33.5. The Morgan fingerprint density at radius 1 is 1.31 bits per heavy atom. The molecule has 1 aromatic heterocycles. The van der Waals surface area contributed by atoms with Gasteiger partial charge in [0.2, 0.25) is 5.91 Å². The number of thiazole rings is 1. The molecule has 1 aliphatic rings. The van der Waals surface area contributed by atoms with Crippen LogP contribution in [0.2, 0.25) is 0 Å². The van der Waals surface area contributed by atoms with Crippen molar-refractivity contribution >= 4 is 38.3 Å². The summed E-state index contributed by atoms with van der Waals surface area (Å²) in [5.74, 6) is -1.19. The minimum absolute atomic E-state index is 0.00281. The van der Waals surface area contributed by atoms with Crippen LogP contribution in [0.3, 0.4) is 0 Å². The van der Waals surface area contributed by atoms with Crippen LogP contribution in [0.5, 0.6) is 5.75 Å². The Labute approximate surface area is 171 Å². The van der Waals surface area contributed by atoms with Crippen molar-refractivity contribution in [3.05, 3.63) is 48.0 Å². The van der Waals surface area contributed by atoms with E-state index >= 15 is 0 Å². The van der Waals surface area contributed by atoms with E-state index in [9.17, 15) is 13.6 Å². The van der Waals surface area contributed by atoms with Crippen molar-refractivity contribution < 1.29 is 18.3 Å². The van der Waals surface area contributed by atoms with Gasteiger partial charge in [-0.15, -0.1) is 0 Å². The van der Waals surface area contributed by atoms with Crippen LogP contribution in [-0.4, -0.2) is 30.6 Å². The molecule has 1 fully saturated rings. The third-order valence-electron chi connectivity index (χ3n) is 4.91. The number of fused-ring (bicyclic) bond motifs is 1. The Kier molecular flexibility index (Phi) is 5.62. The number of carbonyl (C=O) groups excluding carboxylic acids is 1. The maximum Gasteiger partial charge on any atom is 0.229 e. The van der Waals surface area contributed by atoms with Crippen molar-refractivity contribution in [3.8, 4) is 5.75 Å². The minimum Gasteiger partial charge on any atom is -0.494 e. The van der Waals surface area contributed by atoms with Gasteiger partial charge in [-0.05, 0) is 50.1 Å². The molecule has 1 aliphatic heterocycles.